The van der Waals surface area contributed by atoms with Crippen molar-refractivity contribution >= 4 is 5.91 Å². The van der Waals surface area contributed by atoms with Gasteiger partial charge in [0.15, 0.2) is 0 Å². The van der Waals surface area contributed by atoms with Crippen molar-refractivity contribution in [1.82, 2.24) is 5.32 Å². The summed E-state index contributed by atoms with van der Waals surface area (Å²) in [6.45, 7) is 5.56. The predicted molar refractivity (Wildman–Crippen MR) is 71.8 cm³/mol. The van der Waals surface area contributed by atoms with Crippen LogP contribution < -0.4 is 10.1 Å². The third kappa shape index (κ3) is 2.66. The van der Waals surface area contributed by atoms with Gasteiger partial charge in [-0.3, -0.25) is 4.79 Å². The van der Waals surface area contributed by atoms with E-state index in [1.165, 1.54) is 0 Å². The molecule has 1 aromatic carbocycles. The highest BCUT2D eigenvalue weighted by Gasteiger charge is 2.29. The average Bonchev–Trinajstić information content (AvgIpc) is 2.83. The summed E-state index contributed by atoms with van der Waals surface area (Å²) in [5, 5.41) is 3.05. The Morgan fingerprint density at radius 3 is 2.83 bits per heavy atom. The van der Waals surface area contributed by atoms with Crippen LogP contribution in [0.2, 0.25) is 0 Å². The standard InChI is InChI=1S/C15H21NO2/c1-3-11(4-2)9-16-15(17)13-10-18-14-8-6-5-7-12(13)14/h5-8,11,13H,3-4,9-10H2,1-2H3,(H,16,17). The van der Waals surface area contributed by atoms with Crippen LogP contribution in [0.1, 0.15) is 38.2 Å². The largest absolute Gasteiger partial charge is 0.492 e. The van der Waals surface area contributed by atoms with E-state index in [2.05, 4.69) is 19.2 Å². The average molecular weight is 247 g/mol. The van der Waals surface area contributed by atoms with Crippen LogP contribution in [0.3, 0.4) is 0 Å². The summed E-state index contributed by atoms with van der Waals surface area (Å²) in [6.07, 6.45) is 2.21. The van der Waals surface area contributed by atoms with Crippen molar-refractivity contribution in [2.45, 2.75) is 32.6 Å². The number of benzene rings is 1. The lowest BCUT2D eigenvalue weighted by atomic mass is 9.99. The number of rotatable bonds is 5. The molecule has 1 aromatic rings. The van der Waals surface area contributed by atoms with Crippen molar-refractivity contribution in [2.24, 2.45) is 5.92 Å². The Morgan fingerprint density at radius 1 is 1.39 bits per heavy atom. The van der Waals surface area contributed by atoms with E-state index in [9.17, 15) is 4.79 Å². The highest BCUT2D eigenvalue weighted by atomic mass is 16.5. The lowest BCUT2D eigenvalue weighted by Crippen LogP contribution is -2.33. The van der Waals surface area contributed by atoms with Crippen LogP contribution in [0.4, 0.5) is 0 Å². The van der Waals surface area contributed by atoms with Crippen molar-refractivity contribution in [3.05, 3.63) is 29.8 Å². The van der Waals surface area contributed by atoms with Crippen LogP contribution in [-0.2, 0) is 4.79 Å². The summed E-state index contributed by atoms with van der Waals surface area (Å²) in [5.41, 5.74) is 1.01. The molecular formula is C15H21NO2. The molecule has 2 rings (SSSR count). The maximum Gasteiger partial charge on any atom is 0.231 e. The lowest BCUT2D eigenvalue weighted by Gasteiger charge is -2.15. The van der Waals surface area contributed by atoms with E-state index in [0.29, 0.717) is 12.5 Å². The summed E-state index contributed by atoms with van der Waals surface area (Å²) in [6, 6.07) is 7.78. The predicted octanol–water partition coefficient (Wildman–Crippen LogP) is 2.72. The normalized spacial score (nSPS) is 17.4. The van der Waals surface area contributed by atoms with Crippen LogP contribution in [0.25, 0.3) is 0 Å². The van der Waals surface area contributed by atoms with Gasteiger partial charge in [-0.05, 0) is 12.0 Å². The maximum absolute atomic E-state index is 12.2. The molecule has 0 saturated carbocycles. The van der Waals surface area contributed by atoms with E-state index in [1.54, 1.807) is 0 Å². The van der Waals surface area contributed by atoms with Gasteiger partial charge in [-0.2, -0.15) is 0 Å². The highest BCUT2D eigenvalue weighted by Crippen LogP contribution is 2.33. The molecule has 1 aliphatic rings. The Hall–Kier alpha value is -1.51. The van der Waals surface area contributed by atoms with Crippen molar-refractivity contribution in [3.63, 3.8) is 0 Å². The molecule has 0 saturated heterocycles. The van der Waals surface area contributed by atoms with Crippen LogP contribution in [0.15, 0.2) is 24.3 Å². The van der Waals surface area contributed by atoms with E-state index in [-0.39, 0.29) is 11.8 Å². The number of carbonyl (C=O) groups is 1. The fraction of sp³-hybridized carbons (Fsp3) is 0.533. The Morgan fingerprint density at radius 2 is 2.11 bits per heavy atom. The molecule has 0 aromatic heterocycles. The Balaban J connectivity index is 1.95. The van der Waals surface area contributed by atoms with Gasteiger partial charge in [0.25, 0.3) is 0 Å². The number of hydrogen-bond acceptors (Lipinski definition) is 2. The number of ether oxygens (including phenoxy) is 1. The van der Waals surface area contributed by atoms with Gasteiger partial charge >= 0.3 is 0 Å². The van der Waals surface area contributed by atoms with E-state index in [0.717, 1.165) is 30.7 Å². The smallest absolute Gasteiger partial charge is 0.231 e. The summed E-state index contributed by atoms with van der Waals surface area (Å²) in [7, 11) is 0. The summed E-state index contributed by atoms with van der Waals surface area (Å²) in [4.78, 5) is 12.2. The first-order chi connectivity index (χ1) is 8.76. The molecule has 0 aliphatic carbocycles. The number of hydrogen-bond donors (Lipinski definition) is 1. The molecule has 0 fully saturated rings. The number of carbonyl (C=O) groups excluding carboxylic acids is 1. The first-order valence-electron chi connectivity index (χ1n) is 6.75. The molecule has 1 unspecified atom stereocenters. The second-order valence-electron chi connectivity index (χ2n) is 4.83. The second-order valence-corrected chi connectivity index (χ2v) is 4.83. The number of amides is 1. The third-order valence-corrected chi connectivity index (χ3v) is 3.74. The maximum atomic E-state index is 12.2. The molecule has 1 N–H and O–H groups in total. The van der Waals surface area contributed by atoms with Gasteiger partial charge in [-0.15, -0.1) is 0 Å². The van der Waals surface area contributed by atoms with Crippen molar-refractivity contribution < 1.29 is 9.53 Å². The molecule has 0 radical (unpaired) electrons. The minimum Gasteiger partial charge on any atom is -0.492 e. The van der Waals surface area contributed by atoms with E-state index in [4.69, 9.17) is 4.74 Å². The van der Waals surface area contributed by atoms with E-state index >= 15 is 0 Å². The minimum absolute atomic E-state index is 0.0897. The zero-order valence-corrected chi connectivity index (χ0v) is 11.1. The van der Waals surface area contributed by atoms with E-state index in [1.807, 2.05) is 24.3 Å². The Kier molecular flexibility index (Phi) is 4.24. The molecule has 3 nitrogen and oxygen atoms in total. The molecule has 1 atom stereocenters. The number of para-hydroxylation sites is 1. The van der Waals surface area contributed by atoms with Gasteiger partial charge < -0.3 is 10.1 Å². The fourth-order valence-corrected chi connectivity index (χ4v) is 2.33. The topological polar surface area (TPSA) is 38.3 Å². The monoisotopic (exact) mass is 247 g/mol. The second kappa shape index (κ2) is 5.89. The Bertz CT molecular complexity index is 413. The summed E-state index contributed by atoms with van der Waals surface area (Å²) >= 11 is 0. The SMILES string of the molecule is CCC(CC)CNC(=O)C1COc2ccccc21. The molecule has 3 heteroatoms. The van der Waals surface area contributed by atoms with Gasteiger partial charge in [0.1, 0.15) is 18.3 Å². The molecule has 0 spiro atoms. The summed E-state index contributed by atoms with van der Waals surface area (Å²) < 4.78 is 5.53. The van der Waals surface area contributed by atoms with Crippen LogP contribution in [-0.4, -0.2) is 19.1 Å². The molecule has 18 heavy (non-hydrogen) atoms. The van der Waals surface area contributed by atoms with Crippen molar-refractivity contribution in [2.75, 3.05) is 13.2 Å². The van der Waals surface area contributed by atoms with Gasteiger partial charge in [-0.25, -0.2) is 0 Å². The molecule has 1 heterocycles. The van der Waals surface area contributed by atoms with Crippen LogP contribution >= 0.6 is 0 Å². The first-order valence-corrected chi connectivity index (χ1v) is 6.75. The first kappa shape index (κ1) is 12.9. The van der Waals surface area contributed by atoms with Gasteiger partial charge in [0.05, 0.1) is 0 Å². The third-order valence-electron chi connectivity index (χ3n) is 3.74. The quantitative estimate of drug-likeness (QED) is 0.868. The van der Waals surface area contributed by atoms with Gasteiger partial charge in [-0.1, -0.05) is 44.9 Å². The van der Waals surface area contributed by atoms with Gasteiger partial charge in [0.2, 0.25) is 5.91 Å². The fourth-order valence-electron chi connectivity index (χ4n) is 2.33. The van der Waals surface area contributed by atoms with Crippen molar-refractivity contribution in [3.8, 4) is 5.75 Å². The van der Waals surface area contributed by atoms with E-state index < -0.39 is 0 Å². The molecular weight excluding hydrogens is 226 g/mol. The summed E-state index contributed by atoms with van der Waals surface area (Å²) in [5.74, 6) is 1.37. The number of nitrogens with one attached hydrogen (secondary N) is 1. The molecule has 1 amide bonds. The Labute approximate surface area is 109 Å². The zero-order chi connectivity index (χ0) is 13.0. The molecule has 98 valence electrons. The van der Waals surface area contributed by atoms with Crippen LogP contribution in [0, 0.1) is 5.92 Å². The van der Waals surface area contributed by atoms with Gasteiger partial charge in [0, 0.05) is 12.1 Å². The molecule has 1 aliphatic heterocycles. The highest BCUT2D eigenvalue weighted by molar-refractivity contribution is 5.85. The zero-order valence-electron chi connectivity index (χ0n) is 11.1. The van der Waals surface area contributed by atoms with Crippen LogP contribution in [0.5, 0.6) is 5.75 Å². The minimum atomic E-state index is -0.143. The molecule has 0 bridgehead atoms. The number of fused-ring (bicyclic) bond motifs is 1. The van der Waals surface area contributed by atoms with Crippen molar-refractivity contribution in [1.29, 1.82) is 0 Å². The lowest BCUT2D eigenvalue weighted by molar-refractivity contribution is -0.122.